The first-order chi connectivity index (χ1) is 14.9. The maximum Gasteiger partial charge on any atom is 0.282 e. The van der Waals surface area contributed by atoms with Crippen molar-refractivity contribution in [1.29, 1.82) is 0 Å². The highest BCUT2D eigenvalue weighted by atomic mass is 79.9. The molecule has 164 valence electrons. The molecule has 1 atom stereocenters. The molecule has 0 fully saturated rings. The molecule has 8 heteroatoms. The highest BCUT2D eigenvalue weighted by Crippen LogP contribution is 2.36. The minimum absolute atomic E-state index is 0.0731. The smallest absolute Gasteiger partial charge is 0.282 e. The zero-order valence-corrected chi connectivity index (χ0v) is 21.2. The van der Waals surface area contributed by atoms with Gasteiger partial charge in [0.25, 0.3) is 5.56 Å². The van der Waals surface area contributed by atoms with E-state index in [9.17, 15) is 4.79 Å². The maximum absolute atomic E-state index is 13.3. The molecule has 0 saturated heterocycles. The fourth-order valence-electron chi connectivity index (χ4n) is 3.11. The normalized spacial score (nSPS) is 12.5. The van der Waals surface area contributed by atoms with Crippen molar-refractivity contribution in [2.24, 2.45) is 5.10 Å². The van der Waals surface area contributed by atoms with Gasteiger partial charge in [0.1, 0.15) is 5.82 Å². The van der Waals surface area contributed by atoms with E-state index in [1.807, 2.05) is 45.0 Å². The number of ether oxygens (including phenoxy) is 2. The highest BCUT2D eigenvalue weighted by molar-refractivity contribution is 9.10. The van der Waals surface area contributed by atoms with Gasteiger partial charge in [0.15, 0.2) is 11.5 Å². The van der Waals surface area contributed by atoms with Crippen LogP contribution in [0.3, 0.4) is 0 Å². The summed E-state index contributed by atoms with van der Waals surface area (Å²) < 4.78 is 14.4. The van der Waals surface area contributed by atoms with Crippen molar-refractivity contribution in [2.45, 2.75) is 40.0 Å². The fraction of sp³-hybridized carbons (Fsp3) is 0.348. The summed E-state index contributed by atoms with van der Waals surface area (Å²) in [4.78, 5) is 18.0. The van der Waals surface area contributed by atoms with E-state index < -0.39 is 0 Å². The lowest BCUT2D eigenvalue weighted by atomic mass is 10.1. The van der Waals surface area contributed by atoms with E-state index in [-0.39, 0.29) is 11.5 Å². The molecule has 1 aromatic heterocycles. The summed E-state index contributed by atoms with van der Waals surface area (Å²) >= 11 is 6.98. The predicted molar refractivity (Wildman–Crippen MR) is 132 cm³/mol. The van der Waals surface area contributed by atoms with Crippen LogP contribution in [-0.2, 0) is 0 Å². The van der Waals surface area contributed by atoms with Crippen molar-refractivity contribution < 1.29 is 9.47 Å². The molecule has 3 rings (SSSR count). The van der Waals surface area contributed by atoms with Gasteiger partial charge < -0.3 is 9.47 Å². The molecule has 31 heavy (non-hydrogen) atoms. The number of hydrogen-bond donors (Lipinski definition) is 0. The van der Waals surface area contributed by atoms with Crippen molar-refractivity contribution in [3.8, 4) is 11.5 Å². The molecule has 0 aliphatic rings. The molecular weight excluding hydrogens is 526 g/mol. The van der Waals surface area contributed by atoms with Crippen LogP contribution >= 0.6 is 31.9 Å². The first-order valence-electron chi connectivity index (χ1n) is 10.2. The van der Waals surface area contributed by atoms with Crippen molar-refractivity contribution >= 4 is 49.0 Å². The second-order valence-corrected chi connectivity index (χ2v) is 8.77. The first kappa shape index (κ1) is 23.5. The van der Waals surface area contributed by atoms with Crippen LogP contribution in [0.25, 0.3) is 10.9 Å². The number of benzene rings is 2. The summed E-state index contributed by atoms with van der Waals surface area (Å²) in [6.45, 7) is 8.98. The second kappa shape index (κ2) is 10.4. The lowest BCUT2D eigenvalue weighted by Gasteiger charge is -2.15. The maximum atomic E-state index is 13.3. The van der Waals surface area contributed by atoms with Crippen molar-refractivity contribution in [3.05, 3.63) is 61.0 Å². The van der Waals surface area contributed by atoms with Crippen LogP contribution in [-0.4, -0.2) is 29.1 Å². The minimum Gasteiger partial charge on any atom is -0.490 e. The molecule has 3 aromatic rings. The van der Waals surface area contributed by atoms with E-state index in [1.54, 1.807) is 12.3 Å². The van der Waals surface area contributed by atoms with E-state index in [2.05, 4.69) is 43.9 Å². The topological polar surface area (TPSA) is 65.7 Å². The lowest BCUT2D eigenvalue weighted by Crippen LogP contribution is -2.23. The van der Waals surface area contributed by atoms with Crippen LogP contribution in [0.1, 0.15) is 51.4 Å². The SMILES string of the molecule is CCOc1cc(C=Nn2c([C@H](C)CC)nc3ccc(Br)cc3c2=O)cc(Br)c1OCC. The Kier molecular flexibility index (Phi) is 7.89. The van der Waals surface area contributed by atoms with E-state index >= 15 is 0 Å². The molecule has 0 aliphatic carbocycles. The molecule has 0 radical (unpaired) electrons. The minimum atomic E-state index is -0.201. The molecule has 0 unspecified atom stereocenters. The molecule has 0 N–H and O–H groups in total. The number of halogens is 2. The zero-order valence-electron chi connectivity index (χ0n) is 18.0. The van der Waals surface area contributed by atoms with Crippen LogP contribution in [0.15, 0.2) is 49.2 Å². The van der Waals surface area contributed by atoms with Gasteiger partial charge in [-0.05, 0) is 72.1 Å². The summed E-state index contributed by atoms with van der Waals surface area (Å²) in [6.07, 6.45) is 2.48. The van der Waals surface area contributed by atoms with Gasteiger partial charge in [-0.25, -0.2) is 4.98 Å². The molecule has 6 nitrogen and oxygen atoms in total. The van der Waals surface area contributed by atoms with Crippen LogP contribution in [0.5, 0.6) is 11.5 Å². The Balaban J connectivity index is 2.14. The zero-order chi connectivity index (χ0) is 22.5. The van der Waals surface area contributed by atoms with Crippen LogP contribution < -0.4 is 15.0 Å². The molecule has 0 saturated carbocycles. The van der Waals surface area contributed by atoms with Crippen molar-refractivity contribution in [3.63, 3.8) is 0 Å². The Morgan fingerprint density at radius 1 is 1.13 bits per heavy atom. The third kappa shape index (κ3) is 5.18. The standard InChI is InChI=1S/C23H25Br2N3O3/c1-5-14(4)22-27-19-9-8-16(24)12-17(19)23(29)28(22)26-13-15-10-18(25)21(31-7-3)20(11-15)30-6-2/h8-14H,5-7H2,1-4H3/t14-/m1/s1. The van der Waals surface area contributed by atoms with Crippen molar-refractivity contribution in [2.75, 3.05) is 13.2 Å². The molecule has 0 spiro atoms. The quantitative estimate of drug-likeness (QED) is 0.317. The van der Waals surface area contributed by atoms with Gasteiger partial charge in [-0.2, -0.15) is 9.78 Å². The number of rotatable bonds is 8. The number of hydrogen-bond acceptors (Lipinski definition) is 5. The first-order valence-corrected chi connectivity index (χ1v) is 11.8. The van der Waals surface area contributed by atoms with Gasteiger partial charge >= 0.3 is 0 Å². The third-order valence-electron chi connectivity index (χ3n) is 4.83. The van der Waals surface area contributed by atoms with E-state index in [4.69, 9.17) is 14.5 Å². The van der Waals surface area contributed by atoms with Gasteiger partial charge in [-0.3, -0.25) is 4.79 Å². The molecule has 0 bridgehead atoms. The predicted octanol–water partition coefficient (Wildman–Crippen LogP) is 6.11. The van der Waals surface area contributed by atoms with Gasteiger partial charge in [0, 0.05) is 10.4 Å². The van der Waals surface area contributed by atoms with E-state index in [1.165, 1.54) is 4.68 Å². The molecular formula is C23H25Br2N3O3. The van der Waals surface area contributed by atoms with E-state index in [0.29, 0.717) is 41.4 Å². The van der Waals surface area contributed by atoms with Gasteiger partial charge in [-0.1, -0.05) is 29.8 Å². The largest absolute Gasteiger partial charge is 0.490 e. The summed E-state index contributed by atoms with van der Waals surface area (Å²) in [6, 6.07) is 9.24. The summed E-state index contributed by atoms with van der Waals surface area (Å²) in [5.41, 5.74) is 1.24. The number of aromatic nitrogens is 2. The third-order valence-corrected chi connectivity index (χ3v) is 5.91. The Bertz CT molecular complexity index is 1170. The second-order valence-electron chi connectivity index (χ2n) is 7.00. The van der Waals surface area contributed by atoms with Gasteiger partial charge in [0.05, 0.1) is 34.8 Å². The number of nitrogens with zero attached hydrogens (tertiary/aromatic N) is 3. The lowest BCUT2D eigenvalue weighted by molar-refractivity contribution is 0.286. The highest BCUT2D eigenvalue weighted by Gasteiger charge is 2.16. The Morgan fingerprint density at radius 2 is 1.87 bits per heavy atom. The molecule has 2 aromatic carbocycles. The van der Waals surface area contributed by atoms with Gasteiger partial charge in [0.2, 0.25) is 0 Å². The number of fused-ring (bicyclic) bond motifs is 1. The van der Waals surface area contributed by atoms with Crippen LogP contribution in [0, 0.1) is 0 Å². The van der Waals surface area contributed by atoms with Gasteiger partial charge in [-0.15, -0.1) is 0 Å². The fourth-order valence-corrected chi connectivity index (χ4v) is 4.05. The Hall–Kier alpha value is -2.19. The van der Waals surface area contributed by atoms with Crippen LogP contribution in [0.2, 0.25) is 0 Å². The molecule has 0 aliphatic heterocycles. The van der Waals surface area contributed by atoms with Crippen molar-refractivity contribution in [1.82, 2.24) is 9.66 Å². The summed E-state index contributed by atoms with van der Waals surface area (Å²) in [5, 5.41) is 5.04. The Labute approximate surface area is 198 Å². The van der Waals surface area contributed by atoms with E-state index in [0.717, 1.165) is 20.9 Å². The molecule has 0 amide bonds. The summed E-state index contributed by atoms with van der Waals surface area (Å²) in [7, 11) is 0. The monoisotopic (exact) mass is 549 g/mol. The summed E-state index contributed by atoms with van der Waals surface area (Å²) in [5.74, 6) is 1.98. The average Bonchev–Trinajstić information content (AvgIpc) is 2.75. The Morgan fingerprint density at radius 3 is 2.55 bits per heavy atom. The van der Waals surface area contributed by atoms with Crippen LogP contribution in [0.4, 0.5) is 0 Å². The molecule has 1 heterocycles. The average molecular weight is 551 g/mol.